The summed E-state index contributed by atoms with van der Waals surface area (Å²) in [6, 6.07) is 0. The maximum atomic E-state index is 4.98. The molecule has 1 N–H and O–H groups in total. The van der Waals surface area contributed by atoms with E-state index in [1.54, 1.807) is 0 Å². The van der Waals surface area contributed by atoms with Gasteiger partial charge in [0.15, 0.2) is 5.82 Å². The van der Waals surface area contributed by atoms with Crippen molar-refractivity contribution >= 4 is 12.4 Å². The fraction of sp³-hybridized carbons (Fsp3) is 0.750. The number of nitrogens with one attached hydrogen (secondary N) is 1. The normalized spacial score (nSPS) is 10.2. The molecule has 0 aliphatic carbocycles. The number of rotatable bonds is 4. The average molecular weight is 206 g/mol. The van der Waals surface area contributed by atoms with E-state index < -0.39 is 0 Å². The monoisotopic (exact) mass is 205 g/mol. The van der Waals surface area contributed by atoms with Crippen molar-refractivity contribution in [2.75, 3.05) is 7.05 Å². The van der Waals surface area contributed by atoms with Crippen LogP contribution in [0.5, 0.6) is 0 Å². The molecular formula is C8H16ClN3O. The van der Waals surface area contributed by atoms with Gasteiger partial charge in [-0.25, -0.2) is 0 Å². The van der Waals surface area contributed by atoms with E-state index in [-0.39, 0.29) is 12.4 Å². The van der Waals surface area contributed by atoms with Crippen LogP contribution in [0.4, 0.5) is 0 Å². The van der Waals surface area contributed by atoms with Gasteiger partial charge < -0.3 is 9.84 Å². The Labute approximate surface area is 84.5 Å². The van der Waals surface area contributed by atoms with E-state index in [0.29, 0.717) is 18.4 Å². The van der Waals surface area contributed by atoms with Gasteiger partial charge in [-0.2, -0.15) is 4.98 Å². The van der Waals surface area contributed by atoms with Gasteiger partial charge in [0.25, 0.3) is 0 Å². The zero-order valence-corrected chi connectivity index (χ0v) is 9.02. The first-order chi connectivity index (χ1) is 5.72. The van der Waals surface area contributed by atoms with E-state index in [1.807, 2.05) is 7.05 Å². The third-order valence-corrected chi connectivity index (χ3v) is 1.43. The van der Waals surface area contributed by atoms with Crippen molar-refractivity contribution in [1.82, 2.24) is 15.5 Å². The predicted molar refractivity (Wildman–Crippen MR) is 52.9 cm³/mol. The highest BCUT2D eigenvalue weighted by molar-refractivity contribution is 5.85. The number of nitrogens with zero attached hydrogens (tertiary/aromatic N) is 2. The second kappa shape index (κ2) is 5.94. The van der Waals surface area contributed by atoms with Crippen molar-refractivity contribution in [3.63, 3.8) is 0 Å². The van der Waals surface area contributed by atoms with Gasteiger partial charge in [-0.3, -0.25) is 0 Å². The van der Waals surface area contributed by atoms with Crippen LogP contribution >= 0.6 is 12.4 Å². The Morgan fingerprint density at radius 1 is 1.46 bits per heavy atom. The quantitative estimate of drug-likeness (QED) is 0.808. The van der Waals surface area contributed by atoms with Crippen LogP contribution < -0.4 is 5.32 Å². The van der Waals surface area contributed by atoms with E-state index in [9.17, 15) is 0 Å². The fourth-order valence-electron chi connectivity index (χ4n) is 0.961. The molecular weight excluding hydrogens is 190 g/mol. The molecule has 76 valence electrons. The summed E-state index contributed by atoms with van der Waals surface area (Å²) < 4.78 is 4.98. The SMILES string of the molecule is CNCc1nc(CC(C)C)no1.Cl. The first-order valence-electron chi connectivity index (χ1n) is 4.18. The average Bonchev–Trinajstić information content (AvgIpc) is 2.36. The Morgan fingerprint density at radius 3 is 2.69 bits per heavy atom. The smallest absolute Gasteiger partial charge is 0.240 e. The third-order valence-electron chi connectivity index (χ3n) is 1.43. The minimum atomic E-state index is 0. The van der Waals surface area contributed by atoms with Gasteiger partial charge in [-0.05, 0) is 13.0 Å². The van der Waals surface area contributed by atoms with Crippen molar-refractivity contribution in [1.29, 1.82) is 0 Å². The molecule has 1 aromatic rings. The molecule has 0 unspecified atom stereocenters. The minimum absolute atomic E-state index is 0. The van der Waals surface area contributed by atoms with Crippen LogP contribution in [0.3, 0.4) is 0 Å². The molecule has 0 aromatic carbocycles. The van der Waals surface area contributed by atoms with Gasteiger partial charge in [0.05, 0.1) is 6.54 Å². The van der Waals surface area contributed by atoms with E-state index in [2.05, 4.69) is 29.3 Å². The molecule has 0 aliphatic heterocycles. The Balaban J connectivity index is 0.00000144. The summed E-state index contributed by atoms with van der Waals surface area (Å²) in [5, 5.41) is 6.80. The number of halogens is 1. The molecule has 0 amide bonds. The van der Waals surface area contributed by atoms with Crippen molar-refractivity contribution in [3.8, 4) is 0 Å². The molecule has 1 heterocycles. The molecule has 1 aromatic heterocycles. The Kier molecular flexibility index (Phi) is 5.66. The molecule has 0 radical (unpaired) electrons. The summed E-state index contributed by atoms with van der Waals surface area (Å²) >= 11 is 0. The lowest BCUT2D eigenvalue weighted by atomic mass is 10.1. The van der Waals surface area contributed by atoms with Crippen molar-refractivity contribution in [2.45, 2.75) is 26.8 Å². The van der Waals surface area contributed by atoms with E-state index in [4.69, 9.17) is 4.52 Å². The van der Waals surface area contributed by atoms with Crippen LogP contribution in [0.25, 0.3) is 0 Å². The molecule has 1 rings (SSSR count). The number of hydrogen-bond donors (Lipinski definition) is 1. The van der Waals surface area contributed by atoms with Crippen LogP contribution in [0.15, 0.2) is 4.52 Å². The van der Waals surface area contributed by atoms with Crippen molar-refractivity contribution < 1.29 is 4.52 Å². The van der Waals surface area contributed by atoms with E-state index >= 15 is 0 Å². The maximum absolute atomic E-state index is 4.98. The lowest BCUT2D eigenvalue weighted by molar-refractivity contribution is 0.365. The standard InChI is InChI=1S/C8H15N3O.ClH/c1-6(2)4-7-10-8(5-9-3)12-11-7;/h6,9H,4-5H2,1-3H3;1H. The van der Waals surface area contributed by atoms with Crippen molar-refractivity contribution in [3.05, 3.63) is 11.7 Å². The highest BCUT2D eigenvalue weighted by atomic mass is 35.5. The molecule has 13 heavy (non-hydrogen) atoms. The zero-order chi connectivity index (χ0) is 8.97. The molecule has 0 aliphatic rings. The van der Waals surface area contributed by atoms with Gasteiger partial charge in [0, 0.05) is 6.42 Å². The minimum Gasteiger partial charge on any atom is -0.338 e. The largest absolute Gasteiger partial charge is 0.338 e. The Hall–Kier alpha value is -0.610. The van der Waals surface area contributed by atoms with Crippen LogP contribution in [-0.2, 0) is 13.0 Å². The first kappa shape index (κ1) is 12.4. The summed E-state index contributed by atoms with van der Waals surface area (Å²) in [7, 11) is 1.85. The highest BCUT2D eigenvalue weighted by Crippen LogP contribution is 2.03. The van der Waals surface area contributed by atoms with Crippen LogP contribution in [0.2, 0.25) is 0 Å². The summed E-state index contributed by atoms with van der Waals surface area (Å²) in [6.07, 6.45) is 0.882. The van der Waals surface area contributed by atoms with Crippen molar-refractivity contribution in [2.24, 2.45) is 5.92 Å². The van der Waals surface area contributed by atoms with Crippen LogP contribution in [0, 0.1) is 5.92 Å². The molecule has 0 bridgehead atoms. The predicted octanol–water partition coefficient (Wildman–Crippen LogP) is 1.41. The summed E-state index contributed by atoms with van der Waals surface area (Å²) in [4.78, 5) is 4.20. The van der Waals surface area contributed by atoms with E-state index in [0.717, 1.165) is 12.2 Å². The second-order valence-corrected chi connectivity index (χ2v) is 3.23. The van der Waals surface area contributed by atoms with E-state index in [1.165, 1.54) is 0 Å². The topological polar surface area (TPSA) is 51.0 Å². The first-order valence-corrected chi connectivity index (χ1v) is 4.18. The zero-order valence-electron chi connectivity index (χ0n) is 8.20. The summed E-state index contributed by atoms with van der Waals surface area (Å²) in [6.45, 7) is 4.91. The summed E-state index contributed by atoms with van der Waals surface area (Å²) in [5.74, 6) is 2.04. The number of aromatic nitrogens is 2. The molecule has 5 heteroatoms. The fourth-order valence-corrected chi connectivity index (χ4v) is 0.961. The van der Waals surface area contributed by atoms with Gasteiger partial charge in [-0.1, -0.05) is 19.0 Å². The van der Waals surface area contributed by atoms with Crippen LogP contribution in [-0.4, -0.2) is 17.2 Å². The Bertz CT molecular complexity index is 237. The molecule has 0 saturated carbocycles. The van der Waals surface area contributed by atoms with Crippen LogP contribution in [0.1, 0.15) is 25.6 Å². The lowest BCUT2D eigenvalue weighted by Crippen LogP contribution is -2.05. The molecule has 0 spiro atoms. The van der Waals surface area contributed by atoms with Gasteiger partial charge in [0.1, 0.15) is 0 Å². The molecule has 0 atom stereocenters. The summed E-state index contributed by atoms with van der Waals surface area (Å²) in [5.41, 5.74) is 0. The molecule has 0 fully saturated rings. The lowest BCUT2D eigenvalue weighted by Gasteiger charge is -1.95. The highest BCUT2D eigenvalue weighted by Gasteiger charge is 2.06. The van der Waals surface area contributed by atoms with Gasteiger partial charge in [-0.15, -0.1) is 12.4 Å². The Morgan fingerprint density at radius 2 is 2.15 bits per heavy atom. The molecule has 4 nitrogen and oxygen atoms in total. The number of hydrogen-bond acceptors (Lipinski definition) is 4. The maximum Gasteiger partial charge on any atom is 0.240 e. The van der Waals surface area contributed by atoms with Gasteiger partial charge in [0.2, 0.25) is 5.89 Å². The second-order valence-electron chi connectivity index (χ2n) is 3.23. The molecule has 0 saturated heterocycles. The third kappa shape index (κ3) is 4.24. The van der Waals surface area contributed by atoms with Gasteiger partial charge >= 0.3 is 0 Å².